The smallest absolute Gasteiger partial charge is 0.173 e. The minimum Gasteiger partial charge on any atom is -0.293 e. The molecule has 0 heterocycles. The molecule has 0 saturated carbocycles. The average molecular weight is 292 g/mol. The Morgan fingerprint density at radius 1 is 0.810 bits per heavy atom. The maximum atomic E-state index is 12.4. The van der Waals surface area contributed by atoms with Crippen LogP contribution in [-0.2, 0) is 5.75 Å². The number of benzene rings is 3. The number of hydrogen-bond donors (Lipinski definition) is 0. The molecule has 0 saturated heterocycles. The van der Waals surface area contributed by atoms with Gasteiger partial charge in [-0.1, -0.05) is 72.8 Å². The molecule has 0 atom stereocenters. The van der Waals surface area contributed by atoms with Crippen LogP contribution >= 0.6 is 11.8 Å². The van der Waals surface area contributed by atoms with Gasteiger partial charge in [0.15, 0.2) is 5.78 Å². The normalized spacial score (nSPS) is 10.7. The van der Waals surface area contributed by atoms with Crippen molar-refractivity contribution in [3.63, 3.8) is 0 Å². The molecule has 2 heteroatoms. The Hall–Kier alpha value is -2.06. The SMILES string of the molecule is O=C(CSCc1ccccc1)c1cccc2ccccc12. The van der Waals surface area contributed by atoms with Gasteiger partial charge in [-0.3, -0.25) is 4.79 Å². The van der Waals surface area contributed by atoms with Crippen molar-refractivity contribution in [1.29, 1.82) is 0 Å². The highest BCUT2D eigenvalue weighted by atomic mass is 32.2. The third-order valence-electron chi connectivity index (χ3n) is 3.43. The predicted octanol–water partition coefficient (Wildman–Crippen LogP) is 4.96. The summed E-state index contributed by atoms with van der Waals surface area (Å²) in [6.07, 6.45) is 0. The molecule has 0 aromatic heterocycles. The number of hydrogen-bond acceptors (Lipinski definition) is 2. The summed E-state index contributed by atoms with van der Waals surface area (Å²) in [5.74, 6) is 1.59. The number of ketones is 1. The van der Waals surface area contributed by atoms with Crippen molar-refractivity contribution >= 4 is 28.3 Å². The minimum atomic E-state index is 0.202. The summed E-state index contributed by atoms with van der Waals surface area (Å²) < 4.78 is 0. The molecule has 0 unspecified atom stereocenters. The highest BCUT2D eigenvalue weighted by molar-refractivity contribution is 7.99. The van der Waals surface area contributed by atoms with E-state index in [1.54, 1.807) is 11.8 Å². The molecule has 3 rings (SSSR count). The standard InChI is InChI=1S/C19H16OS/c20-19(14-21-13-15-7-2-1-3-8-15)18-12-6-10-16-9-4-5-11-17(16)18/h1-12H,13-14H2. The van der Waals surface area contributed by atoms with Crippen LogP contribution in [0, 0.1) is 0 Å². The maximum absolute atomic E-state index is 12.4. The van der Waals surface area contributed by atoms with Crippen LogP contribution in [0.15, 0.2) is 72.8 Å². The molecular formula is C19H16OS. The molecule has 0 aliphatic heterocycles. The first-order valence-corrected chi connectivity index (χ1v) is 8.13. The molecule has 0 radical (unpaired) electrons. The van der Waals surface area contributed by atoms with Crippen LogP contribution in [0.5, 0.6) is 0 Å². The summed E-state index contributed by atoms with van der Waals surface area (Å²) in [7, 11) is 0. The van der Waals surface area contributed by atoms with Gasteiger partial charge in [-0.2, -0.15) is 0 Å². The summed E-state index contributed by atoms with van der Waals surface area (Å²) in [5, 5.41) is 2.17. The van der Waals surface area contributed by atoms with Crippen LogP contribution in [0.3, 0.4) is 0 Å². The third kappa shape index (κ3) is 3.34. The fourth-order valence-electron chi connectivity index (χ4n) is 2.38. The number of carbonyl (C=O) groups is 1. The summed E-state index contributed by atoms with van der Waals surface area (Å²) in [5.41, 5.74) is 2.09. The molecule has 0 aliphatic rings. The van der Waals surface area contributed by atoms with Gasteiger partial charge in [0, 0.05) is 11.3 Å². The fraction of sp³-hybridized carbons (Fsp3) is 0.105. The molecule has 3 aromatic rings. The second-order valence-corrected chi connectivity index (χ2v) is 5.91. The van der Waals surface area contributed by atoms with Gasteiger partial charge in [0.25, 0.3) is 0 Å². The zero-order valence-corrected chi connectivity index (χ0v) is 12.5. The van der Waals surface area contributed by atoms with Crippen molar-refractivity contribution in [3.05, 3.63) is 83.9 Å². The quantitative estimate of drug-likeness (QED) is 0.618. The molecule has 104 valence electrons. The van der Waals surface area contributed by atoms with E-state index in [1.165, 1.54) is 5.56 Å². The summed E-state index contributed by atoms with van der Waals surface area (Å²) >= 11 is 1.67. The Morgan fingerprint density at radius 2 is 1.52 bits per heavy atom. The molecule has 0 amide bonds. The van der Waals surface area contributed by atoms with Crippen LogP contribution < -0.4 is 0 Å². The van der Waals surface area contributed by atoms with Crippen molar-refractivity contribution in [3.8, 4) is 0 Å². The Bertz CT molecular complexity index is 744. The largest absolute Gasteiger partial charge is 0.293 e. The Morgan fingerprint density at radius 3 is 2.38 bits per heavy atom. The topological polar surface area (TPSA) is 17.1 Å². The predicted molar refractivity (Wildman–Crippen MR) is 90.9 cm³/mol. The maximum Gasteiger partial charge on any atom is 0.173 e. The number of Topliss-reactive ketones (excluding diaryl/α,β-unsaturated/α-hetero) is 1. The molecule has 3 aromatic carbocycles. The lowest BCUT2D eigenvalue weighted by Gasteiger charge is -2.06. The van der Waals surface area contributed by atoms with Crippen LogP contribution in [0.25, 0.3) is 10.8 Å². The van der Waals surface area contributed by atoms with E-state index in [0.717, 1.165) is 22.1 Å². The molecule has 0 aliphatic carbocycles. The first-order chi connectivity index (χ1) is 10.3. The van der Waals surface area contributed by atoms with Gasteiger partial charge in [0.2, 0.25) is 0 Å². The summed E-state index contributed by atoms with van der Waals surface area (Å²) in [4.78, 5) is 12.4. The van der Waals surface area contributed by atoms with Gasteiger partial charge >= 0.3 is 0 Å². The van der Waals surface area contributed by atoms with Crippen molar-refractivity contribution < 1.29 is 4.79 Å². The average Bonchev–Trinajstić information content (AvgIpc) is 2.55. The Labute approximate surface area is 129 Å². The van der Waals surface area contributed by atoms with Crippen molar-refractivity contribution in [1.82, 2.24) is 0 Å². The molecule has 0 N–H and O–H groups in total. The van der Waals surface area contributed by atoms with Crippen LogP contribution in [0.2, 0.25) is 0 Å². The molecule has 0 spiro atoms. The van der Waals surface area contributed by atoms with Crippen molar-refractivity contribution in [2.24, 2.45) is 0 Å². The molecular weight excluding hydrogens is 276 g/mol. The number of rotatable bonds is 5. The molecule has 0 fully saturated rings. The number of thioether (sulfide) groups is 1. The van der Waals surface area contributed by atoms with Gasteiger partial charge in [-0.15, -0.1) is 11.8 Å². The second kappa shape index (κ2) is 6.59. The van der Waals surface area contributed by atoms with Gasteiger partial charge in [0.05, 0.1) is 5.75 Å². The number of carbonyl (C=O) groups excluding carboxylic acids is 1. The molecule has 1 nitrogen and oxygen atoms in total. The van der Waals surface area contributed by atoms with Crippen LogP contribution in [0.4, 0.5) is 0 Å². The van der Waals surface area contributed by atoms with E-state index in [0.29, 0.717) is 5.75 Å². The summed E-state index contributed by atoms with van der Waals surface area (Å²) in [6, 6.07) is 24.2. The van der Waals surface area contributed by atoms with Gasteiger partial charge in [0.1, 0.15) is 0 Å². The molecule has 21 heavy (non-hydrogen) atoms. The second-order valence-electron chi connectivity index (χ2n) is 4.93. The Balaban J connectivity index is 1.70. The fourth-order valence-corrected chi connectivity index (χ4v) is 3.25. The van der Waals surface area contributed by atoms with Crippen molar-refractivity contribution in [2.45, 2.75) is 5.75 Å². The van der Waals surface area contributed by atoms with E-state index in [2.05, 4.69) is 12.1 Å². The first kappa shape index (κ1) is 13.9. The summed E-state index contributed by atoms with van der Waals surface area (Å²) in [6.45, 7) is 0. The van der Waals surface area contributed by atoms with E-state index in [9.17, 15) is 4.79 Å². The lowest BCUT2D eigenvalue weighted by atomic mass is 10.0. The third-order valence-corrected chi connectivity index (χ3v) is 4.44. The van der Waals surface area contributed by atoms with E-state index >= 15 is 0 Å². The van der Waals surface area contributed by atoms with Gasteiger partial charge < -0.3 is 0 Å². The lowest BCUT2D eigenvalue weighted by molar-refractivity contribution is 0.102. The Kier molecular flexibility index (Phi) is 4.37. The monoisotopic (exact) mass is 292 g/mol. The zero-order chi connectivity index (χ0) is 14.5. The minimum absolute atomic E-state index is 0.202. The number of fused-ring (bicyclic) bond motifs is 1. The zero-order valence-electron chi connectivity index (χ0n) is 11.7. The van der Waals surface area contributed by atoms with Crippen LogP contribution in [0.1, 0.15) is 15.9 Å². The van der Waals surface area contributed by atoms with E-state index in [4.69, 9.17) is 0 Å². The van der Waals surface area contributed by atoms with Gasteiger partial charge in [-0.05, 0) is 16.3 Å². The van der Waals surface area contributed by atoms with Gasteiger partial charge in [-0.25, -0.2) is 0 Å². The van der Waals surface area contributed by atoms with E-state index in [1.807, 2.05) is 60.7 Å². The first-order valence-electron chi connectivity index (χ1n) is 6.97. The van der Waals surface area contributed by atoms with E-state index < -0.39 is 0 Å². The lowest BCUT2D eigenvalue weighted by Crippen LogP contribution is -2.03. The van der Waals surface area contributed by atoms with Crippen LogP contribution in [-0.4, -0.2) is 11.5 Å². The van der Waals surface area contributed by atoms with Crippen molar-refractivity contribution in [2.75, 3.05) is 5.75 Å². The highest BCUT2D eigenvalue weighted by Gasteiger charge is 2.09. The van der Waals surface area contributed by atoms with E-state index in [-0.39, 0.29) is 5.78 Å². The molecule has 0 bridgehead atoms. The highest BCUT2D eigenvalue weighted by Crippen LogP contribution is 2.21.